The number of halogens is 1. The lowest BCUT2D eigenvalue weighted by atomic mass is 10.2. The van der Waals surface area contributed by atoms with Crippen LogP contribution in [0.4, 0.5) is 11.4 Å². The molecule has 2 N–H and O–H groups in total. The van der Waals surface area contributed by atoms with Crippen molar-refractivity contribution in [3.8, 4) is 0 Å². The molecule has 0 bridgehead atoms. The van der Waals surface area contributed by atoms with Crippen LogP contribution in [0.2, 0.25) is 5.02 Å². The number of rotatable bonds is 6. The van der Waals surface area contributed by atoms with Gasteiger partial charge in [0.05, 0.1) is 10.7 Å². The third kappa shape index (κ3) is 5.73. The van der Waals surface area contributed by atoms with Gasteiger partial charge in [-0.25, -0.2) is 0 Å². The summed E-state index contributed by atoms with van der Waals surface area (Å²) in [6.07, 6.45) is 0. The molecule has 0 spiro atoms. The number of carbonyl (C=O) groups is 2. The smallest absolute Gasteiger partial charge is 0.250 e. The number of carbonyl (C=O) groups excluding carboxylic acids is 2. The number of hydrogen-bond acceptors (Lipinski definition) is 3. The Bertz CT molecular complexity index is 704. The summed E-state index contributed by atoms with van der Waals surface area (Å²) in [5.74, 6) is -0.692. The first-order chi connectivity index (χ1) is 11.0. The second kappa shape index (κ2) is 8.31. The Morgan fingerprint density at radius 3 is 2.39 bits per heavy atom. The molecule has 6 heteroatoms. The molecule has 0 aromatic heterocycles. The lowest BCUT2D eigenvalue weighted by Crippen LogP contribution is -2.24. The molecule has 0 unspecified atom stereocenters. The highest BCUT2D eigenvalue weighted by molar-refractivity contribution is 6.33. The van der Waals surface area contributed by atoms with Gasteiger partial charge in [0.25, 0.3) is 0 Å². The lowest BCUT2D eigenvalue weighted by molar-refractivity contribution is -0.125. The van der Waals surface area contributed by atoms with Gasteiger partial charge in [0.1, 0.15) is 13.2 Å². The van der Waals surface area contributed by atoms with Gasteiger partial charge < -0.3 is 15.4 Å². The van der Waals surface area contributed by atoms with Crippen LogP contribution in [0.15, 0.2) is 48.5 Å². The Labute approximate surface area is 139 Å². The fourth-order valence-electron chi connectivity index (χ4n) is 1.91. The van der Waals surface area contributed by atoms with Crippen molar-refractivity contribution >= 4 is 34.8 Å². The van der Waals surface area contributed by atoms with E-state index in [1.54, 1.807) is 30.3 Å². The summed E-state index contributed by atoms with van der Waals surface area (Å²) in [4.78, 5) is 23.5. The summed E-state index contributed by atoms with van der Waals surface area (Å²) >= 11 is 5.94. The van der Waals surface area contributed by atoms with Gasteiger partial charge in [-0.05, 0) is 36.8 Å². The van der Waals surface area contributed by atoms with E-state index in [4.69, 9.17) is 16.3 Å². The van der Waals surface area contributed by atoms with Gasteiger partial charge in [0.15, 0.2) is 0 Å². The van der Waals surface area contributed by atoms with E-state index in [0.717, 1.165) is 5.56 Å². The monoisotopic (exact) mass is 332 g/mol. The van der Waals surface area contributed by atoms with Crippen molar-refractivity contribution in [1.82, 2.24) is 0 Å². The Morgan fingerprint density at radius 2 is 1.70 bits per heavy atom. The first kappa shape index (κ1) is 17.0. The third-order valence-electron chi connectivity index (χ3n) is 2.92. The van der Waals surface area contributed by atoms with Crippen molar-refractivity contribution in [3.63, 3.8) is 0 Å². The quantitative estimate of drug-likeness (QED) is 0.853. The SMILES string of the molecule is Cc1cccc(NC(=O)COCC(=O)Nc2ccccc2Cl)c1. The predicted molar refractivity (Wildman–Crippen MR) is 90.7 cm³/mol. The van der Waals surface area contributed by atoms with Crippen LogP contribution in [0.5, 0.6) is 0 Å². The van der Waals surface area contributed by atoms with E-state index in [0.29, 0.717) is 16.4 Å². The summed E-state index contributed by atoms with van der Waals surface area (Å²) < 4.78 is 5.10. The van der Waals surface area contributed by atoms with Crippen molar-refractivity contribution in [1.29, 1.82) is 0 Å². The van der Waals surface area contributed by atoms with E-state index in [1.165, 1.54) is 0 Å². The highest BCUT2D eigenvalue weighted by Crippen LogP contribution is 2.20. The van der Waals surface area contributed by atoms with Gasteiger partial charge in [-0.1, -0.05) is 35.9 Å². The summed E-state index contributed by atoms with van der Waals surface area (Å²) in [6, 6.07) is 14.3. The minimum Gasteiger partial charge on any atom is -0.362 e. The molecule has 2 amide bonds. The summed E-state index contributed by atoms with van der Waals surface area (Å²) in [6.45, 7) is 1.50. The van der Waals surface area contributed by atoms with Crippen LogP contribution < -0.4 is 10.6 Å². The molecule has 5 nitrogen and oxygen atoms in total. The molecular formula is C17H17ClN2O3. The molecule has 2 rings (SSSR count). The highest BCUT2D eigenvalue weighted by atomic mass is 35.5. The van der Waals surface area contributed by atoms with E-state index in [-0.39, 0.29) is 25.0 Å². The average Bonchev–Trinajstić information content (AvgIpc) is 2.49. The van der Waals surface area contributed by atoms with E-state index >= 15 is 0 Å². The number of nitrogens with one attached hydrogen (secondary N) is 2. The first-order valence-corrected chi connectivity index (χ1v) is 7.41. The van der Waals surface area contributed by atoms with E-state index < -0.39 is 0 Å². The largest absolute Gasteiger partial charge is 0.362 e. The molecular weight excluding hydrogens is 316 g/mol. The number of para-hydroxylation sites is 1. The van der Waals surface area contributed by atoms with Crippen LogP contribution >= 0.6 is 11.6 Å². The fraction of sp³-hybridized carbons (Fsp3) is 0.176. The van der Waals surface area contributed by atoms with Crippen molar-refractivity contribution in [3.05, 3.63) is 59.1 Å². The standard InChI is InChI=1S/C17H17ClN2O3/c1-12-5-4-6-13(9-12)19-16(21)10-23-11-17(22)20-15-8-3-2-7-14(15)18/h2-9H,10-11H2,1H3,(H,19,21)(H,20,22). The van der Waals surface area contributed by atoms with Crippen molar-refractivity contribution < 1.29 is 14.3 Å². The van der Waals surface area contributed by atoms with Gasteiger partial charge in [-0.2, -0.15) is 0 Å². The molecule has 0 saturated carbocycles. The number of ether oxygens (including phenoxy) is 1. The van der Waals surface area contributed by atoms with E-state index in [9.17, 15) is 9.59 Å². The topological polar surface area (TPSA) is 67.4 Å². The Balaban J connectivity index is 1.73. The predicted octanol–water partition coefficient (Wildman–Crippen LogP) is 3.24. The maximum absolute atomic E-state index is 11.7. The van der Waals surface area contributed by atoms with Crippen molar-refractivity contribution in [2.24, 2.45) is 0 Å². The van der Waals surface area contributed by atoms with Gasteiger partial charge in [-0.3, -0.25) is 9.59 Å². The Kier molecular flexibility index (Phi) is 6.14. The van der Waals surface area contributed by atoms with Gasteiger partial charge in [0, 0.05) is 5.69 Å². The molecule has 2 aromatic rings. The molecule has 0 atom stereocenters. The summed E-state index contributed by atoms with van der Waals surface area (Å²) in [7, 11) is 0. The molecule has 2 aromatic carbocycles. The van der Waals surface area contributed by atoms with Crippen LogP contribution in [-0.4, -0.2) is 25.0 Å². The highest BCUT2D eigenvalue weighted by Gasteiger charge is 2.08. The Hall–Kier alpha value is -2.37. The molecule has 0 aliphatic rings. The normalized spacial score (nSPS) is 10.2. The number of benzene rings is 2. The van der Waals surface area contributed by atoms with Crippen LogP contribution in [0.3, 0.4) is 0 Å². The van der Waals surface area contributed by atoms with Gasteiger partial charge in [0.2, 0.25) is 11.8 Å². The molecule has 23 heavy (non-hydrogen) atoms. The zero-order chi connectivity index (χ0) is 16.7. The summed E-state index contributed by atoms with van der Waals surface area (Å²) in [5.41, 5.74) is 2.24. The Morgan fingerprint density at radius 1 is 1.00 bits per heavy atom. The van der Waals surface area contributed by atoms with E-state index in [1.807, 2.05) is 25.1 Å². The minimum absolute atomic E-state index is 0.204. The number of hydrogen-bond donors (Lipinski definition) is 2. The first-order valence-electron chi connectivity index (χ1n) is 7.03. The second-order valence-corrected chi connectivity index (χ2v) is 5.35. The molecule has 0 aliphatic heterocycles. The molecule has 120 valence electrons. The van der Waals surface area contributed by atoms with Gasteiger partial charge >= 0.3 is 0 Å². The molecule has 0 radical (unpaired) electrons. The van der Waals surface area contributed by atoms with Crippen molar-refractivity contribution in [2.75, 3.05) is 23.8 Å². The molecule has 0 fully saturated rings. The van der Waals surface area contributed by atoms with Crippen LogP contribution in [0.25, 0.3) is 0 Å². The van der Waals surface area contributed by atoms with Gasteiger partial charge in [-0.15, -0.1) is 0 Å². The number of amides is 2. The van der Waals surface area contributed by atoms with Crippen LogP contribution in [-0.2, 0) is 14.3 Å². The number of anilines is 2. The van der Waals surface area contributed by atoms with E-state index in [2.05, 4.69) is 10.6 Å². The zero-order valence-electron chi connectivity index (χ0n) is 12.6. The molecule has 0 saturated heterocycles. The van der Waals surface area contributed by atoms with Crippen molar-refractivity contribution in [2.45, 2.75) is 6.92 Å². The van der Waals surface area contributed by atoms with Crippen LogP contribution in [0.1, 0.15) is 5.56 Å². The third-order valence-corrected chi connectivity index (χ3v) is 3.25. The maximum Gasteiger partial charge on any atom is 0.250 e. The second-order valence-electron chi connectivity index (χ2n) is 4.94. The zero-order valence-corrected chi connectivity index (χ0v) is 13.4. The maximum atomic E-state index is 11.7. The molecule has 0 heterocycles. The van der Waals surface area contributed by atoms with Crippen LogP contribution in [0, 0.1) is 6.92 Å². The molecule has 0 aliphatic carbocycles. The summed E-state index contributed by atoms with van der Waals surface area (Å²) in [5, 5.41) is 5.75. The minimum atomic E-state index is -0.374. The lowest BCUT2D eigenvalue weighted by Gasteiger charge is -2.08. The fourth-order valence-corrected chi connectivity index (χ4v) is 2.09. The number of aryl methyl sites for hydroxylation is 1. The average molecular weight is 333 g/mol.